The number of nitrogens with one attached hydrogen (secondary N) is 1. The van der Waals surface area contributed by atoms with Crippen LogP contribution in [0.1, 0.15) is 77.8 Å². The zero-order valence-electron chi connectivity index (χ0n) is 25.8. The average Bonchev–Trinajstić information content (AvgIpc) is 3.87. The number of amides is 4. The minimum Gasteiger partial charge on any atom is -0.401 e. The molecule has 3 aromatic rings. The Kier molecular flexibility index (Phi) is 7.84. The van der Waals surface area contributed by atoms with E-state index in [4.69, 9.17) is 15.7 Å². The van der Waals surface area contributed by atoms with E-state index in [1.54, 1.807) is 24.4 Å². The number of aliphatic imine (C=N–C) groups is 1. The summed E-state index contributed by atoms with van der Waals surface area (Å²) in [6, 6.07) is 12.3. The van der Waals surface area contributed by atoms with Crippen molar-refractivity contribution in [1.29, 1.82) is 0 Å². The normalized spacial score (nSPS) is 23.6. The Labute approximate surface area is 267 Å². The minimum atomic E-state index is -0.951. The highest BCUT2D eigenvalue weighted by molar-refractivity contribution is 6.23. The number of para-hydroxylation sites is 2. The van der Waals surface area contributed by atoms with E-state index in [2.05, 4.69) is 10.3 Å². The smallest absolute Gasteiger partial charge is 0.262 e. The Morgan fingerprint density at radius 1 is 1.02 bits per heavy atom. The van der Waals surface area contributed by atoms with Gasteiger partial charge in [0.25, 0.3) is 17.7 Å². The summed E-state index contributed by atoms with van der Waals surface area (Å²) in [6.45, 7) is 0.731. The SMILES string of the molecule is CN1C(=O)CCC(N2C(=O)c3ccc(NCCCC4CC(N=CC(=C(N)C5CC5)c5cnc6ccccc6n5)C4)cc3C2=O)C1=O. The molecule has 0 spiro atoms. The van der Waals surface area contributed by atoms with E-state index >= 15 is 0 Å². The second-order valence-electron chi connectivity index (χ2n) is 12.8. The van der Waals surface area contributed by atoms with Crippen molar-refractivity contribution in [2.24, 2.45) is 22.6 Å². The molecule has 7 rings (SSSR count). The van der Waals surface area contributed by atoms with Crippen molar-refractivity contribution in [3.63, 3.8) is 0 Å². The molecule has 2 aliphatic heterocycles. The van der Waals surface area contributed by atoms with E-state index in [9.17, 15) is 19.2 Å². The van der Waals surface area contributed by atoms with Crippen LogP contribution >= 0.6 is 0 Å². The van der Waals surface area contributed by atoms with Crippen LogP contribution in [0.3, 0.4) is 0 Å². The number of fused-ring (bicyclic) bond motifs is 2. The first-order valence-electron chi connectivity index (χ1n) is 16.1. The summed E-state index contributed by atoms with van der Waals surface area (Å²) in [5.41, 5.74) is 12.1. The van der Waals surface area contributed by atoms with E-state index in [0.717, 1.165) is 88.6 Å². The van der Waals surface area contributed by atoms with Crippen molar-refractivity contribution < 1.29 is 19.2 Å². The van der Waals surface area contributed by atoms with Gasteiger partial charge in [-0.1, -0.05) is 12.1 Å². The molecule has 2 aliphatic carbocycles. The first kappa shape index (κ1) is 29.8. The van der Waals surface area contributed by atoms with Crippen LogP contribution in [-0.4, -0.2) is 75.3 Å². The van der Waals surface area contributed by atoms with Crippen LogP contribution in [-0.2, 0) is 9.59 Å². The highest BCUT2D eigenvalue weighted by atomic mass is 16.2. The molecule has 3 N–H and O–H groups in total. The number of allylic oxidation sites excluding steroid dienone is 2. The number of hydrogen-bond acceptors (Lipinski definition) is 9. The third-order valence-electron chi connectivity index (χ3n) is 9.65. The molecule has 1 saturated heterocycles. The summed E-state index contributed by atoms with van der Waals surface area (Å²) in [6.07, 6.45) is 10.3. The van der Waals surface area contributed by atoms with Gasteiger partial charge in [0.05, 0.1) is 40.1 Å². The lowest BCUT2D eigenvalue weighted by Crippen LogP contribution is -2.54. The van der Waals surface area contributed by atoms with Crippen LogP contribution in [0.5, 0.6) is 0 Å². The number of nitrogens with zero attached hydrogens (tertiary/aromatic N) is 5. The summed E-state index contributed by atoms with van der Waals surface area (Å²) in [5, 5.41) is 3.38. The van der Waals surface area contributed by atoms with Gasteiger partial charge in [-0.25, -0.2) is 4.98 Å². The van der Waals surface area contributed by atoms with Gasteiger partial charge in [-0.15, -0.1) is 0 Å². The molecule has 46 heavy (non-hydrogen) atoms. The molecule has 2 saturated carbocycles. The fraction of sp³-hybridized carbons (Fsp3) is 0.400. The number of aromatic nitrogens is 2. The number of hydrogen-bond donors (Lipinski definition) is 2. The molecule has 11 nitrogen and oxygen atoms in total. The second-order valence-corrected chi connectivity index (χ2v) is 12.8. The quantitative estimate of drug-likeness (QED) is 0.195. The van der Waals surface area contributed by atoms with E-state index in [-0.39, 0.29) is 35.9 Å². The van der Waals surface area contributed by atoms with Gasteiger partial charge in [-0.05, 0) is 87.1 Å². The lowest BCUT2D eigenvalue weighted by atomic mass is 9.78. The monoisotopic (exact) mass is 619 g/mol. The number of nitrogens with two attached hydrogens (primary N) is 1. The van der Waals surface area contributed by atoms with Crippen LogP contribution in [0.15, 0.2) is 59.4 Å². The minimum absolute atomic E-state index is 0.120. The van der Waals surface area contributed by atoms with Crippen LogP contribution < -0.4 is 11.1 Å². The van der Waals surface area contributed by atoms with Gasteiger partial charge >= 0.3 is 0 Å². The standard InChI is InChI=1S/C35H37N7O4/c1-41-31(43)13-12-30(35(41)46)42-33(44)24-11-10-22(17-25(24)34(42)45)37-14-4-5-20-15-23(16-20)38-18-26(32(36)21-8-9-21)29-19-39-27-6-2-3-7-28(27)40-29/h2-3,6-7,10-11,17-21,23,30,37H,4-5,8-9,12-16,36H2,1H3. The number of anilines is 1. The number of likely N-dealkylation sites (tertiary alicyclic amines) is 1. The lowest BCUT2D eigenvalue weighted by Gasteiger charge is -2.32. The number of carbonyl (C=O) groups is 4. The molecule has 236 valence electrons. The van der Waals surface area contributed by atoms with Gasteiger partial charge in [0.2, 0.25) is 5.91 Å². The van der Waals surface area contributed by atoms with E-state index < -0.39 is 23.8 Å². The van der Waals surface area contributed by atoms with Crippen LogP contribution in [0.25, 0.3) is 16.6 Å². The Balaban J connectivity index is 0.901. The van der Waals surface area contributed by atoms with E-state index in [0.29, 0.717) is 11.8 Å². The van der Waals surface area contributed by atoms with Crippen LogP contribution in [0.2, 0.25) is 0 Å². The number of benzene rings is 2. The third kappa shape index (κ3) is 5.65. The Morgan fingerprint density at radius 2 is 1.78 bits per heavy atom. The van der Waals surface area contributed by atoms with Crippen molar-refractivity contribution in [2.45, 2.75) is 63.5 Å². The van der Waals surface area contributed by atoms with E-state index in [1.165, 1.54) is 7.05 Å². The number of piperidine rings is 1. The largest absolute Gasteiger partial charge is 0.401 e. The molecular weight excluding hydrogens is 582 g/mol. The number of likely N-dealkylation sites (N-methyl/N-ethyl adjacent to an activating group) is 1. The molecule has 3 heterocycles. The molecule has 1 unspecified atom stereocenters. The maximum atomic E-state index is 13.2. The zero-order chi connectivity index (χ0) is 31.9. The topological polar surface area (TPSA) is 151 Å². The van der Waals surface area contributed by atoms with Crippen LogP contribution in [0.4, 0.5) is 5.69 Å². The van der Waals surface area contributed by atoms with Crippen molar-refractivity contribution in [2.75, 3.05) is 18.9 Å². The Hall–Kier alpha value is -4.93. The highest BCUT2D eigenvalue weighted by Crippen LogP contribution is 2.38. The predicted molar refractivity (Wildman–Crippen MR) is 174 cm³/mol. The lowest BCUT2D eigenvalue weighted by molar-refractivity contribution is -0.149. The second kappa shape index (κ2) is 12.1. The molecule has 0 radical (unpaired) electrons. The van der Waals surface area contributed by atoms with Crippen molar-refractivity contribution in [1.82, 2.24) is 19.8 Å². The van der Waals surface area contributed by atoms with Gasteiger partial charge in [0.1, 0.15) is 6.04 Å². The number of imide groups is 2. The van der Waals surface area contributed by atoms with Crippen LogP contribution in [0, 0.1) is 11.8 Å². The maximum absolute atomic E-state index is 13.2. The Morgan fingerprint density at radius 3 is 2.57 bits per heavy atom. The zero-order valence-corrected chi connectivity index (χ0v) is 25.8. The van der Waals surface area contributed by atoms with Gasteiger partial charge in [-0.2, -0.15) is 0 Å². The van der Waals surface area contributed by atoms with Crippen molar-refractivity contribution >= 4 is 52.1 Å². The third-order valence-corrected chi connectivity index (χ3v) is 9.65. The fourth-order valence-corrected chi connectivity index (χ4v) is 6.64. The molecule has 4 amide bonds. The molecule has 0 bridgehead atoms. The van der Waals surface area contributed by atoms with Gasteiger partial charge in [-0.3, -0.25) is 39.0 Å². The van der Waals surface area contributed by atoms with Crippen molar-refractivity contribution in [3.05, 3.63) is 71.2 Å². The molecule has 1 atom stereocenters. The van der Waals surface area contributed by atoms with Crippen molar-refractivity contribution in [3.8, 4) is 0 Å². The number of carbonyl (C=O) groups excluding carboxylic acids is 4. The molecule has 2 aromatic carbocycles. The molecular formula is C35H37N7O4. The molecule has 1 aromatic heterocycles. The maximum Gasteiger partial charge on any atom is 0.262 e. The molecule has 4 aliphatic rings. The van der Waals surface area contributed by atoms with E-state index in [1.807, 2.05) is 30.5 Å². The van der Waals surface area contributed by atoms with Gasteiger partial charge in [0.15, 0.2) is 0 Å². The summed E-state index contributed by atoms with van der Waals surface area (Å²) in [7, 11) is 1.39. The van der Waals surface area contributed by atoms with Gasteiger partial charge < -0.3 is 11.1 Å². The fourth-order valence-electron chi connectivity index (χ4n) is 6.64. The number of rotatable bonds is 10. The highest BCUT2D eigenvalue weighted by Gasteiger charge is 2.46. The predicted octanol–water partition coefficient (Wildman–Crippen LogP) is 4.19. The molecule has 11 heteroatoms. The average molecular weight is 620 g/mol. The summed E-state index contributed by atoms with van der Waals surface area (Å²) in [4.78, 5) is 67.0. The summed E-state index contributed by atoms with van der Waals surface area (Å²) >= 11 is 0. The van der Waals surface area contributed by atoms with Gasteiger partial charge in [0, 0.05) is 43.2 Å². The summed E-state index contributed by atoms with van der Waals surface area (Å²) < 4.78 is 0. The molecule has 3 fully saturated rings. The first-order chi connectivity index (χ1) is 22.3. The first-order valence-corrected chi connectivity index (χ1v) is 16.1. The Bertz CT molecular complexity index is 1810. The summed E-state index contributed by atoms with van der Waals surface area (Å²) in [5.74, 6) is -0.806.